The molecule has 1 fully saturated rings. The molecule has 0 spiro atoms. The Morgan fingerprint density at radius 1 is 1.44 bits per heavy atom. The van der Waals surface area contributed by atoms with Crippen molar-refractivity contribution in [1.82, 2.24) is 9.36 Å². The van der Waals surface area contributed by atoms with E-state index in [0.717, 1.165) is 30.2 Å². The predicted molar refractivity (Wildman–Crippen MR) is 71.0 cm³/mol. The number of nitrogens with one attached hydrogen (secondary N) is 1. The number of anilines is 1. The Morgan fingerprint density at radius 3 is 2.72 bits per heavy atom. The van der Waals surface area contributed by atoms with Gasteiger partial charge in [0.1, 0.15) is 5.82 Å². The van der Waals surface area contributed by atoms with E-state index in [1.165, 1.54) is 11.5 Å². The van der Waals surface area contributed by atoms with Crippen LogP contribution in [0.5, 0.6) is 0 Å². The van der Waals surface area contributed by atoms with Gasteiger partial charge in [-0.1, -0.05) is 27.2 Å². The first-order valence-corrected chi connectivity index (χ1v) is 6.99. The third-order valence-corrected chi connectivity index (χ3v) is 3.89. The summed E-state index contributed by atoms with van der Waals surface area (Å²) in [6, 6.07) is -0.0109. The van der Waals surface area contributed by atoms with E-state index in [1.807, 2.05) is 0 Å². The van der Waals surface area contributed by atoms with Crippen molar-refractivity contribution in [2.45, 2.75) is 51.5 Å². The molecule has 0 amide bonds. The van der Waals surface area contributed by atoms with E-state index in [9.17, 15) is 4.79 Å². The zero-order valence-corrected chi connectivity index (χ0v) is 11.8. The summed E-state index contributed by atoms with van der Waals surface area (Å²) in [5.74, 6) is -0.211. The first-order valence-electron chi connectivity index (χ1n) is 6.21. The first-order chi connectivity index (χ1) is 8.38. The molecule has 1 heterocycles. The van der Waals surface area contributed by atoms with Crippen LogP contribution in [0, 0.1) is 5.92 Å². The largest absolute Gasteiger partial charge is 0.481 e. The van der Waals surface area contributed by atoms with E-state index in [1.54, 1.807) is 0 Å². The van der Waals surface area contributed by atoms with Crippen LogP contribution in [0.4, 0.5) is 5.13 Å². The summed E-state index contributed by atoms with van der Waals surface area (Å²) < 4.78 is 4.32. The minimum Gasteiger partial charge on any atom is -0.481 e. The molecule has 0 bridgehead atoms. The Balaban J connectivity index is 2.05. The van der Waals surface area contributed by atoms with Crippen molar-refractivity contribution >= 4 is 22.6 Å². The lowest BCUT2D eigenvalue weighted by molar-refractivity contribution is -0.141. The topological polar surface area (TPSA) is 75.1 Å². The van der Waals surface area contributed by atoms with E-state index < -0.39 is 5.97 Å². The van der Waals surface area contributed by atoms with Crippen LogP contribution in [0.25, 0.3) is 0 Å². The highest BCUT2D eigenvalue weighted by Gasteiger charge is 2.33. The van der Waals surface area contributed by atoms with Gasteiger partial charge < -0.3 is 10.4 Å². The molecule has 2 unspecified atom stereocenters. The maximum Gasteiger partial charge on any atom is 0.308 e. The third-order valence-electron chi connectivity index (χ3n) is 3.24. The highest BCUT2D eigenvalue weighted by molar-refractivity contribution is 7.09. The van der Waals surface area contributed by atoms with Crippen molar-refractivity contribution in [3.8, 4) is 0 Å². The number of aromatic nitrogens is 2. The number of hydrogen-bond acceptors (Lipinski definition) is 5. The van der Waals surface area contributed by atoms with Crippen LogP contribution in [-0.2, 0) is 10.2 Å². The smallest absolute Gasteiger partial charge is 0.308 e. The van der Waals surface area contributed by atoms with Crippen LogP contribution in [0.3, 0.4) is 0 Å². The van der Waals surface area contributed by atoms with E-state index in [0.29, 0.717) is 0 Å². The van der Waals surface area contributed by atoms with Gasteiger partial charge in [0.2, 0.25) is 5.13 Å². The van der Waals surface area contributed by atoms with E-state index in [2.05, 4.69) is 35.4 Å². The number of nitrogens with zero attached hydrogens (tertiary/aromatic N) is 2. The maximum atomic E-state index is 11.1. The lowest BCUT2D eigenvalue weighted by Crippen LogP contribution is -2.29. The molecule has 1 aromatic heterocycles. The fourth-order valence-electron chi connectivity index (χ4n) is 2.17. The SMILES string of the molecule is CC(C)(C)c1nsc(NC2CCCC2C(=O)O)n1. The van der Waals surface area contributed by atoms with Crippen LogP contribution >= 0.6 is 11.5 Å². The van der Waals surface area contributed by atoms with E-state index in [-0.39, 0.29) is 17.4 Å². The molecule has 1 saturated carbocycles. The summed E-state index contributed by atoms with van der Waals surface area (Å²) >= 11 is 1.31. The quantitative estimate of drug-likeness (QED) is 0.881. The molecule has 0 radical (unpaired) electrons. The molecule has 1 aliphatic carbocycles. The molecule has 0 aliphatic heterocycles. The lowest BCUT2D eigenvalue weighted by atomic mass is 9.96. The zero-order chi connectivity index (χ0) is 13.3. The highest BCUT2D eigenvalue weighted by atomic mass is 32.1. The second-order valence-corrected chi connectivity index (χ2v) is 6.55. The molecule has 2 rings (SSSR count). The average molecular weight is 269 g/mol. The standard InChI is InChI=1S/C12H19N3O2S/c1-12(2,3)10-14-11(18-15-10)13-8-6-4-5-7(8)9(16)17/h7-8H,4-6H2,1-3H3,(H,16,17)(H,13,14,15). The Kier molecular flexibility index (Phi) is 3.56. The second-order valence-electron chi connectivity index (χ2n) is 5.80. The molecular weight excluding hydrogens is 250 g/mol. The molecule has 5 nitrogen and oxygen atoms in total. The molecule has 18 heavy (non-hydrogen) atoms. The second kappa shape index (κ2) is 4.84. The van der Waals surface area contributed by atoms with Gasteiger partial charge in [0.25, 0.3) is 0 Å². The summed E-state index contributed by atoms with van der Waals surface area (Å²) in [4.78, 5) is 15.5. The van der Waals surface area contributed by atoms with Crippen molar-refractivity contribution in [3.05, 3.63) is 5.82 Å². The minimum absolute atomic E-state index is 0.0109. The number of carbonyl (C=O) groups is 1. The number of rotatable bonds is 3. The van der Waals surface area contributed by atoms with Gasteiger partial charge in [-0.05, 0) is 12.8 Å². The van der Waals surface area contributed by atoms with Gasteiger partial charge in [0.05, 0.1) is 5.92 Å². The van der Waals surface area contributed by atoms with Gasteiger partial charge in [-0.25, -0.2) is 4.98 Å². The monoisotopic (exact) mass is 269 g/mol. The van der Waals surface area contributed by atoms with Gasteiger partial charge in [0.15, 0.2) is 0 Å². The van der Waals surface area contributed by atoms with Gasteiger partial charge in [0, 0.05) is 23.0 Å². The highest BCUT2D eigenvalue weighted by Crippen LogP contribution is 2.30. The Labute approximate surface area is 111 Å². The van der Waals surface area contributed by atoms with Gasteiger partial charge >= 0.3 is 5.97 Å². The summed E-state index contributed by atoms with van der Waals surface area (Å²) in [7, 11) is 0. The summed E-state index contributed by atoms with van der Waals surface area (Å²) in [6.07, 6.45) is 2.60. The maximum absolute atomic E-state index is 11.1. The molecule has 2 atom stereocenters. The fourth-order valence-corrected chi connectivity index (χ4v) is 2.99. The summed E-state index contributed by atoms with van der Waals surface area (Å²) in [5, 5.41) is 13.1. The van der Waals surface area contributed by atoms with Crippen molar-refractivity contribution in [1.29, 1.82) is 0 Å². The van der Waals surface area contributed by atoms with Gasteiger partial charge in [-0.3, -0.25) is 4.79 Å². The Morgan fingerprint density at radius 2 is 2.17 bits per heavy atom. The third kappa shape index (κ3) is 2.80. The average Bonchev–Trinajstić information content (AvgIpc) is 2.85. The fraction of sp³-hybridized carbons (Fsp3) is 0.750. The van der Waals surface area contributed by atoms with Crippen LogP contribution in [0.1, 0.15) is 45.9 Å². The molecule has 0 saturated heterocycles. The first kappa shape index (κ1) is 13.3. The number of carboxylic acids is 1. The summed E-state index contributed by atoms with van der Waals surface area (Å²) in [6.45, 7) is 6.19. The number of aliphatic carboxylic acids is 1. The molecule has 100 valence electrons. The molecule has 1 aliphatic rings. The van der Waals surface area contributed by atoms with E-state index >= 15 is 0 Å². The van der Waals surface area contributed by atoms with Crippen LogP contribution in [-0.4, -0.2) is 26.5 Å². The van der Waals surface area contributed by atoms with Crippen molar-refractivity contribution in [2.75, 3.05) is 5.32 Å². The zero-order valence-electron chi connectivity index (χ0n) is 10.9. The molecule has 0 aromatic carbocycles. The normalized spacial score (nSPS) is 24.2. The van der Waals surface area contributed by atoms with Gasteiger partial charge in [-0.2, -0.15) is 4.37 Å². The number of hydrogen-bond donors (Lipinski definition) is 2. The molecule has 2 N–H and O–H groups in total. The van der Waals surface area contributed by atoms with Crippen molar-refractivity contribution in [2.24, 2.45) is 5.92 Å². The van der Waals surface area contributed by atoms with E-state index in [4.69, 9.17) is 5.11 Å². The Bertz CT molecular complexity index is 439. The number of carboxylic acid groups (broad SMARTS) is 1. The van der Waals surface area contributed by atoms with Gasteiger partial charge in [-0.15, -0.1) is 0 Å². The molecular formula is C12H19N3O2S. The lowest BCUT2D eigenvalue weighted by Gasteiger charge is -2.16. The van der Waals surface area contributed by atoms with Crippen molar-refractivity contribution in [3.63, 3.8) is 0 Å². The van der Waals surface area contributed by atoms with Crippen LogP contribution in [0.2, 0.25) is 0 Å². The minimum atomic E-state index is -0.717. The summed E-state index contributed by atoms with van der Waals surface area (Å²) in [5.41, 5.74) is -0.0711. The molecule has 1 aromatic rings. The van der Waals surface area contributed by atoms with Crippen molar-refractivity contribution < 1.29 is 9.90 Å². The predicted octanol–water partition coefficient (Wildman–Crippen LogP) is 2.50. The Hall–Kier alpha value is -1.17. The molecule has 6 heteroatoms. The van der Waals surface area contributed by atoms with Crippen LogP contribution < -0.4 is 5.32 Å². The van der Waals surface area contributed by atoms with Crippen LogP contribution in [0.15, 0.2) is 0 Å².